The van der Waals surface area contributed by atoms with Crippen molar-refractivity contribution < 1.29 is 9.47 Å². The van der Waals surface area contributed by atoms with Crippen LogP contribution >= 0.6 is 24.0 Å². The van der Waals surface area contributed by atoms with Gasteiger partial charge in [-0.25, -0.2) is 4.99 Å². The molecular weight excluding hydrogens is 443 g/mol. The number of nitrogens with one attached hydrogen (secondary N) is 1. The second kappa shape index (κ2) is 11.2. The number of aliphatic imine (C=N–C) groups is 1. The molecule has 26 heavy (non-hydrogen) atoms. The molecule has 0 unspecified atom stereocenters. The number of nitrogens with zero attached hydrogens (tertiary/aromatic N) is 2. The van der Waals surface area contributed by atoms with E-state index in [4.69, 9.17) is 20.5 Å². The topological polar surface area (TPSA) is 92.7 Å². The van der Waals surface area contributed by atoms with Gasteiger partial charge in [0.25, 0.3) is 0 Å². The highest BCUT2D eigenvalue weighted by atomic mass is 127. The van der Waals surface area contributed by atoms with Crippen LogP contribution in [0.15, 0.2) is 47.5 Å². The monoisotopic (exact) mass is 466 g/mol. The first-order chi connectivity index (χ1) is 12.2. The Labute approximate surface area is 171 Å². The van der Waals surface area contributed by atoms with E-state index in [1.54, 1.807) is 12.1 Å². The van der Waals surface area contributed by atoms with Crippen molar-refractivity contribution >= 4 is 35.6 Å². The van der Waals surface area contributed by atoms with Crippen molar-refractivity contribution in [3.05, 3.63) is 53.6 Å². The van der Waals surface area contributed by atoms with Gasteiger partial charge in [-0.3, -0.25) is 0 Å². The maximum absolute atomic E-state index is 8.94. The molecule has 2 rings (SSSR count). The average Bonchev–Trinajstić information content (AvgIpc) is 2.63. The zero-order chi connectivity index (χ0) is 18.1. The van der Waals surface area contributed by atoms with E-state index in [-0.39, 0.29) is 29.9 Å². The summed E-state index contributed by atoms with van der Waals surface area (Å²) in [4.78, 5) is 4.32. The largest absolute Gasteiger partial charge is 0.494 e. The van der Waals surface area contributed by atoms with Gasteiger partial charge in [0.1, 0.15) is 11.5 Å². The average molecular weight is 466 g/mol. The maximum atomic E-state index is 8.94. The number of guanidine groups is 1. The molecule has 138 valence electrons. The van der Waals surface area contributed by atoms with Gasteiger partial charge in [-0.2, -0.15) is 5.26 Å². The third kappa shape index (κ3) is 6.44. The number of nitriles is 1. The standard InChI is InChI=1S/C19H22N4O2.HI/c1-3-24-16-8-9-18(25-4-2)17(11-16)23-19(21)22-13-15-7-5-6-14(10-15)12-20;/h5-11H,3-4,13H2,1-2H3,(H3,21,22,23);1H. The van der Waals surface area contributed by atoms with E-state index in [0.29, 0.717) is 36.8 Å². The highest BCUT2D eigenvalue weighted by molar-refractivity contribution is 14.0. The van der Waals surface area contributed by atoms with E-state index in [1.165, 1.54) is 0 Å². The van der Waals surface area contributed by atoms with Crippen LogP contribution in [0.3, 0.4) is 0 Å². The first-order valence-electron chi connectivity index (χ1n) is 8.11. The van der Waals surface area contributed by atoms with Gasteiger partial charge in [-0.1, -0.05) is 12.1 Å². The molecule has 0 aromatic heterocycles. The minimum Gasteiger partial charge on any atom is -0.494 e. The zero-order valence-corrected chi connectivity index (χ0v) is 17.2. The van der Waals surface area contributed by atoms with Gasteiger partial charge in [0.15, 0.2) is 5.96 Å². The fourth-order valence-electron chi connectivity index (χ4n) is 2.24. The Morgan fingerprint density at radius 2 is 1.92 bits per heavy atom. The molecule has 0 fully saturated rings. The molecule has 0 radical (unpaired) electrons. The Balaban J connectivity index is 0.00000338. The molecule has 6 nitrogen and oxygen atoms in total. The van der Waals surface area contributed by atoms with Crippen LogP contribution < -0.4 is 20.5 Å². The lowest BCUT2D eigenvalue weighted by atomic mass is 10.1. The van der Waals surface area contributed by atoms with Crippen LogP contribution in [0.1, 0.15) is 25.0 Å². The molecule has 0 spiro atoms. The van der Waals surface area contributed by atoms with Gasteiger partial charge >= 0.3 is 0 Å². The van der Waals surface area contributed by atoms with E-state index >= 15 is 0 Å². The molecule has 0 saturated carbocycles. The molecule has 0 bridgehead atoms. The zero-order valence-electron chi connectivity index (χ0n) is 14.9. The van der Waals surface area contributed by atoms with Crippen molar-refractivity contribution in [2.24, 2.45) is 10.7 Å². The SMILES string of the molecule is CCOc1ccc(OCC)c(NC(N)=NCc2cccc(C#N)c2)c1.I. The van der Waals surface area contributed by atoms with Crippen molar-refractivity contribution in [3.8, 4) is 17.6 Å². The molecule has 2 aromatic rings. The van der Waals surface area contributed by atoms with Gasteiger partial charge in [-0.15, -0.1) is 24.0 Å². The van der Waals surface area contributed by atoms with Crippen molar-refractivity contribution in [1.82, 2.24) is 0 Å². The molecule has 0 aliphatic carbocycles. The molecule has 0 aliphatic rings. The van der Waals surface area contributed by atoms with Crippen LogP contribution in [0.25, 0.3) is 0 Å². The highest BCUT2D eigenvalue weighted by Crippen LogP contribution is 2.29. The molecule has 7 heteroatoms. The second-order valence-corrected chi connectivity index (χ2v) is 5.16. The summed E-state index contributed by atoms with van der Waals surface area (Å²) in [5, 5.41) is 12.0. The summed E-state index contributed by atoms with van der Waals surface area (Å²) in [6.07, 6.45) is 0. The molecule has 0 aliphatic heterocycles. The van der Waals surface area contributed by atoms with Gasteiger partial charge < -0.3 is 20.5 Å². The number of nitrogens with two attached hydrogens (primary N) is 1. The number of rotatable bonds is 7. The summed E-state index contributed by atoms with van der Waals surface area (Å²) < 4.78 is 11.1. The third-order valence-corrected chi connectivity index (χ3v) is 3.31. The van der Waals surface area contributed by atoms with E-state index in [9.17, 15) is 0 Å². The van der Waals surface area contributed by atoms with Crippen LogP contribution in [0.2, 0.25) is 0 Å². The van der Waals surface area contributed by atoms with Crippen LogP contribution in [0, 0.1) is 11.3 Å². The van der Waals surface area contributed by atoms with E-state index < -0.39 is 0 Å². The number of anilines is 1. The number of hydrogen-bond donors (Lipinski definition) is 2. The Bertz CT molecular complexity index is 787. The predicted octanol–water partition coefficient (Wildman–Crippen LogP) is 3.90. The van der Waals surface area contributed by atoms with Crippen molar-refractivity contribution in [2.45, 2.75) is 20.4 Å². The Kier molecular flexibility index (Phi) is 9.30. The quantitative estimate of drug-likeness (QED) is 0.367. The lowest BCUT2D eigenvalue weighted by molar-refractivity contribution is 0.332. The minimum atomic E-state index is 0. The molecule has 2 aromatic carbocycles. The molecule has 0 saturated heterocycles. The van der Waals surface area contributed by atoms with E-state index in [1.807, 2.05) is 44.2 Å². The molecule has 3 N–H and O–H groups in total. The fourth-order valence-corrected chi connectivity index (χ4v) is 2.24. The molecule has 0 amide bonds. The summed E-state index contributed by atoms with van der Waals surface area (Å²) in [5.74, 6) is 1.66. The van der Waals surface area contributed by atoms with Crippen molar-refractivity contribution in [2.75, 3.05) is 18.5 Å². The smallest absolute Gasteiger partial charge is 0.193 e. The molecule has 0 atom stereocenters. The normalized spacial score (nSPS) is 10.4. The lowest BCUT2D eigenvalue weighted by Crippen LogP contribution is -2.23. The van der Waals surface area contributed by atoms with E-state index in [0.717, 1.165) is 11.3 Å². The first-order valence-corrected chi connectivity index (χ1v) is 8.11. The van der Waals surface area contributed by atoms with Crippen LogP contribution in [-0.2, 0) is 6.54 Å². The molecule has 0 heterocycles. The van der Waals surface area contributed by atoms with Crippen LogP contribution in [0.4, 0.5) is 5.69 Å². The Hall–Kier alpha value is -2.47. The summed E-state index contributed by atoms with van der Waals surface area (Å²) in [6.45, 7) is 5.34. The Morgan fingerprint density at radius 1 is 1.15 bits per heavy atom. The van der Waals surface area contributed by atoms with Crippen molar-refractivity contribution in [1.29, 1.82) is 5.26 Å². The van der Waals surface area contributed by atoms with Gasteiger partial charge in [0.2, 0.25) is 0 Å². The number of ether oxygens (including phenoxy) is 2. The number of halogens is 1. The number of hydrogen-bond acceptors (Lipinski definition) is 4. The van der Waals surface area contributed by atoms with Crippen LogP contribution in [0.5, 0.6) is 11.5 Å². The van der Waals surface area contributed by atoms with Crippen LogP contribution in [-0.4, -0.2) is 19.2 Å². The lowest BCUT2D eigenvalue weighted by Gasteiger charge is -2.14. The van der Waals surface area contributed by atoms with Crippen molar-refractivity contribution in [3.63, 3.8) is 0 Å². The maximum Gasteiger partial charge on any atom is 0.193 e. The first kappa shape index (κ1) is 21.6. The highest BCUT2D eigenvalue weighted by Gasteiger charge is 2.07. The van der Waals surface area contributed by atoms with Gasteiger partial charge in [0.05, 0.1) is 37.1 Å². The summed E-state index contributed by atoms with van der Waals surface area (Å²) in [5.41, 5.74) is 8.20. The number of benzene rings is 2. The predicted molar refractivity (Wildman–Crippen MR) is 114 cm³/mol. The van der Waals surface area contributed by atoms with Gasteiger partial charge in [0, 0.05) is 6.07 Å². The van der Waals surface area contributed by atoms with Gasteiger partial charge in [-0.05, 0) is 43.7 Å². The summed E-state index contributed by atoms with van der Waals surface area (Å²) >= 11 is 0. The summed E-state index contributed by atoms with van der Waals surface area (Å²) in [7, 11) is 0. The minimum absolute atomic E-state index is 0. The Morgan fingerprint density at radius 3 is 2.62 bits per heavy atom. The molecular formula is C19H23IN4O2. The fraction of sp³-hybridized carbons (Fsp3) is 0.263. The second-order valence-electron chi connectivity index (χ2n) is 5.16. The third-order valence-electron chi connectivity index (χ3n) is 3.31. The van der Waals surface area contributed by atoms with E-state index in [2.05, 4.69) is 16.4 Å². The summed E-state index contributed by atoms with van der Waals surface area (Å²) in [6, 6.07) is 14.9.